The highest BCUT2D eigenvalue weighted by Gasteiger charge is 2.21. The first kappa shape index (κ1) is 17.0. The number of imidazole rings is 1. The first-order chi connectivity index (χ1) is 9.67. The van der Waals surface area contributed by atoms with E-state index in [2.05, 4.69) is 10.3 Å². The minimum atomic E-state index is -0.897. The van der Waals surface area contributed by atoms with E-state index in [9.17, 15) is 9.59 Å². The molecule has 0 saturated carbocycles. The van der Waals surface area contributed by atoms with Crippen LogP contribution in [-0.2, 0) is 23.0 Å². The van der Waals surface area contributed by atoms with Crippen LogP contribution in [0, 0.1) is 0 Å². The van der Waals surface area contributed by atoms with Crippen molar-refractivity contribution >= 4 is 12.1 Å². The Labute approximate surface area is 124 Å². The Morgan fingerprint density at radius 3 is 2.62 bits per heavy atom. The molecule has 1 atom stereocenters. The minimum absolute atomic E-state index is 0.0229. The molecule has 1 heterocycles. The summed E-state index contributed by atoms with van der Waals surface area (Å²) in [5, 5.41) is 11.5. The van der Waals surface area contributed by atoms with Crippen LogP contribution < -0.4 is 5.32 Å². The van der Waals surface area contributed by atoms with Crippen molar-refractivity contribution in [1.82, 2.24) is 14.9 Å². The van der Waals surface area contributed by atoms with E-state index in [4.69, 9.17) is 9.84 Å². The summed E-state index contributed by atoms with van der Waals surface area (Å²) in [6.45, 7) is 5.33. The highest BCUT2D eigenvalue weighted by molar-refractivity contribution is 5.69. The van der Waals surface area contributed by atoms with Crippen LogP contribution in [0.15, 0.2) is 12.4 Å². The number of carboxylic acids is 1. The quantitative estimate of drug-likeness (QED) is 0.834. The number of aryl methyl sites for hydroxylation is 1. The predicted molar refractivity (Wildman–Crippen MR) is 76.9 cm³/mol. The molecule has 1 rings (SSSR count). The predicted octanol–water partition coefficient (Wildman–Crippen LogP) is 1.72. The van der Waals surface area contributed by atoms with E-state index in [1.165, 1.54) is 0 Å². The molecular formula is C14H23N3O4. The zero-order valence-electron chi connectivity index (χ0n) is 12.9. The number of aromatic nitrogens is 2. The molecule has 0 aliphatic heterocycles. The van der Waals surface area contributed by atoms with Crippen LogP contribution in [0.4, 0.5) is 4.79 Å². The van der Waals surface area contributed by atoms with Gasteiger partial charge >= 0.3 is 12.1 Å². The Morgan fingerprint density at radius 1 is 1.48 bits per heavy atom. The zero-order chi connectivity index (χ0) is 16.0. The summed E-state index contributed by atoms with van der Waals surface area (Å²) in [5.74, 6) is -0.118. The average molecular weight is 297 g/mol. The van der Waals surface area contributed by atoms with Crippen LogP contribution in [0.2, 0.25) is 0 Å². The van der Waals surface area contributed by atoms with E-state index in [-0.39, 0.29) is 12.5 Å². The van der Waals surface area contributed by atoms with Crippen molar-refractivity contribution in [2.24, 2.45) is 7.05 Å². The van der Waals surface area contributed by atoms with Crippen LogP contribution in [0.25, 0.3) is 0 Å². The lowest BCUT2D eigenvalue weighted by Gasteiger charge is -2.23. The third-order valence-corrected chi connectivity index (χ3v) is 2.78. The lowest BCUT2D eigenvalue weighted by Crippen LogP contribution is -2.40. The molecule has 0 radical (unpaired) electrons. The summed E-state index contributed by atoms with van der Waals surface area (Å²) >= 11 is 0. The van der Waals surface area contributed by atoms with E-state index >= 15 is 0 Å². The maximum absolute atomic E-state index is 11.8. The van der Waals surface area contributed by atoms with Gasteiger partial charge in [0.25, 0.3) is 0 Å². The molecule has 118 valence electrons. The second-order valence-corrected chi connectivity index (χ2v) is 5.93. The van der Waals surface area contributed by atoms with Crippen LogP contribution in [0.5, 0.6) is 0 Å². The van der Waals surface area contributed by atoms with Gasteiger partial charge in [0.2, 0.25) is 0 Å². The number of amides is 1. The van der Waals surface area contributed by atoms with Gasteiger partial charge in [-0.3, -0.25) is 4.79 Å². The summed E-state index contributed by atoms with van der Waals surface area (Å²) in [5.41, 5.74) is -0.593. The maximum Gasteiger partial charge on any atom is 0.407 e. The van der Waals surface area contributed by atoms with Crippen molar-refractivity contribution < 1.29 is 19.4 Å². The first-order valence-electron chi connectivity index (χ1n) is 6.85. The van der Waals surface area contributed by atoms with Gasteiger partial charge in [0.05, 0.1) is 0 Å². The Bertz CT molecular complexity index is 491. The lowest BCUT2D eigenvalue weighted by atomic mass is 10.1. The molecule has 1 aromatic heterocycles. The van der Waals surface area contributed by atoms with Crippen LogP contribution in [0.3, 0.4) is 0 Å². The van der Waals surface area contributed by atoms with Crippen molar-refractivity contribution in [1.29, 1.82) is 0 Å². The van der Waals surface area contributed by atoms with Gasteiger partial charge in [-0.15, -0.1) is 0 Å². The lowest BCUT2D eigenvalue weighted by molar-refractivity contribution is -0.137. The van der Waals surface area contributed by atoms with Gasteiger partial charge < -0.3 is 19.7 Å². The van der Waals surface area contributed by atoms with Crippen molar-refractivity contribution in [3.63, 3.8) is 0 Å². The third kappa shape index (κ3) is 6.78. The van der Waals surface area contributed by atoms with Crippen molar-refractivity contribution in [2.45, 2.75) is 51.7 Å². The number of nitrogens with one attached hydrogen (secondary N) is 1. The van der Waals surface area contributed by atoms with Crippen LogP contribution in [0.1, 0.15) is 39.4 Å². The van der Waals surface area contributed by atoms with Crippen molar-refractivity contribution in [3.05, 3.63) is 18.2 Å². The van der Waals surface area contributed by atoms with Crippen molar-refractivity contribution in [3.8, 4) is 0 Å². The van der Waals surface area contributed by atoms with Gasteiger partial charge in [-0.25, -0.2) is 9.78 Å². The van der Waals surface area contributed by atoms with Crippen LogP contribution in [-0.4, -0.2) is 38.4 Å². The van der Waals surface area contributed by atoms with Gasteiger partial charge in [-0.2, -0.15) is 0 Å². The molecule has 0 aliphatic carbocycles. The number of alkyl carbamates (subject to hydrolysis) is 1. The molecule has 7 nitrogen and oxygen atoms in total. The summed E-state index contributed by atoms with van der Waals surface area (Å²) < 4.78 is 7.04. The number of rotatable bonds is 6. The zero-order valence-corrected chi connectivity index (χ0v) is 12.9. The summed E-state index contributed by atoms with van der Waals surface area (Å²) in [7, 11) is 1.85. The number of carboxylic acid groups (broad SMARTS) is 1. The molecule has 1 unspecified atom stereocenters. The second-order valence-electron chi connectivity index (χ2n) is 5.93. The van der Waals surface area contributed by atoms with Gasteiger partial charge in [0.1, 0.15) is 11.4 Å². The Hall–Kier alpha value is -2.05. The number of aliphatic carboxylic acids is 1. The fourth-order valence-electron chi connectivity index (χ4n) is 1.81. The molecule has 0 bridgehead atoms. The Balaban J connectivity index is 2.66. The highest BCUT2D eigenvalue weighted by atomic mass is 16.6. The fraction of sp³-hybridized carbons (Fsp3) is 0.643. The molecule has 0 fully saturated rings. The SMILES string of the molecule is Cn1ccnc1CC(CCC(=O)O)NC(=O)OC(C)(C)C. The molecule has 2 N–H and O–H groups in total. The number of hydrogen-bond acceptors (Lipinski definition) is 4. The molecule has 1 aromatic rings. The standard InChI is InChI=1S/C14H23N3O4/c1-14(2,3)21-13(20)16-10(5-6-12(18)19)9-11-15-7-8-17(11)4/h7-8,10H,5-6,9H2,1-4H3,(H,16,20)(H,18,19). The molecule has 0 spiro atoms. The monoisotopic (exact) mass is 297 g/mol. The molecule has 0 aliphatic rings. The fourth-order valence-corrected chi connectivity index (χ4v) is 1.81. The third-order valence-electron chi connectivity index (χ3n) is 2.78. The summed E-state index contributed by atoms with van der Waals surface area (Å²) in [6, 6.07) is -0.336. The molecule has 0 saturated heterocycles. The Morgan fingerprint density at radius 2 is 2.14 bits per heavy atom. The highest BCUT2D eigenvalue weighted by Crippen LogP contribution is 2.10. The normalized spacial score (nSPS) is 12.8. The number of carbonyl (C=O) groups is 2. The molecule has 21 heavy (non-hydrogen) atoms. The summed E-state index contributed by atoms with van der Waals surface area (Å²) in [6.07, 6.45) is 3.67. The molecule has 0 aromatic carbocycles. The van der Waals surface area contributed by atoms with E-state index in [0.717, 1.165) is 5.82 Å². The largest absolute Gasteiger partial charge is 0.481 e. The van der Waals surface area contributed by atoms with E-state index in [1.807, 2.05) is 11.6 Å². The number of hydrogen-bond donors (Lipinski definition) is 2. The molecular weight excluding hydrogens is 274 g/mol. The molecule has 7 heteroatoms. The van der Waals surface area contributed by atoms with Crippen molar-refractivity contribution in [2.75, 3.05) is 0 Å². The van der Waals surface area contributed by atoms with Gasteiger partial charge in [0.15, 0.2) is 0 Å². The maximum atomic E-state index is 11.8. The topological polar surface area (TPSA) is 93.5 Å². The van der Waals surface area contributed by atoms with Gasteiger partial charge in [-0.05, 0) is 27.2 Å². The van der Waals surface area contributed by atoms with Crippen LogP contribution >= 0.6 is 0 Å². The van der Waals surface area contributed by atoms with E-state index in [1.54, 1.807) is 33.2 Å². The summed E-state index contributed by atoms with van der Waals surface area (Å²) in [4.78, 5) is 26.7. The number of carbonyl (C=O) groups excluding carboxylic acids is 1. The number of ether oxygens (including phenoxy) is 1. The van der Waals surface area contributed by atoms with Gasteiger partial charge in [0, 0.05) is 38.3 Å². The number of nitrogens with zero attached hydrogens (tertiary/aromatic N) is 2. The molecule has 1 amide bonds. The van der Waals surface area contributed by atoms with E-state index < -0.39 is 17.7 Å². The minimum Gasteiger partial charge on any atom is -0.481 e. The average Bonchev–Trinajstić information content (AvgIpc) is 2.69. The van der Waals surface area contributed by atoms with E-state index in [0.29, 0.717) is 12.8 Å². The first-order valence-corrected chi connectivity index (χ1v) is 6.85. The Kier molecular flexibility index (Phi) is 5.75. The second kappa shape index (κ2) is 7.10. The smallest absolute Gasteiger partial charge is 0.407 e. The van der Waals surface area contributed by atoms with Gasteiger partial charge in [-0.1, -0.05) is 0 Å².